The number of methoxy groups -OCH3 is 1. The maximum Gasteiger partial charge on any atom is 0.127 e. The van der Waals surface area contributed by atoms with Crippen molar-refractivity contribution < 1.29 is 13.5 Å². The highest BCUT2D eigenvalue weighted by Crippen LogP contribution is 2.21. The third-order valence-electron chi connectivity index (χ3n) is 3.99. The van der Waals surface area contributed by atoms with Crippen LogP contribution in [0.2, 0.25) is 0 Å². The summed E-state index contributed by atoms with van der Waals surface area (Å²) in [5, 5.41) is 3.36. The van der Waals surface area contributed by atoms with E-state index in [0.29, 0.717) is 24.8 Å². The Kier molecular flexibility index (Phi) is 6.54. The van der Waals surface area contributed by atoms with Gasteiger partial charge in [0.25, 0.3) is 0 Å². The van der Waals surface area contributed by atoms with Crippen LogP contribution in [0.4, 0.5) is 8.78 Å². The minimum absolute atomic E-state index is 0.326. The molecule has 0 amide bonds. The molecule has 2 rings (SSSR count). The van der Waals surface area contributed by atoms with Gasteiger partial charge in [0.2, 0.25) is 0 Å². The highest BCUT2D eigenvalue weighted by atomic mass is 19.1. The highest BCUT2D eigenvalue weighted by Gasteiger charge is 2.23. The second-order valence-corrected chi connectivity index (χ2v) is 5.55. The predicted octanol–water partition coefficient (Wildman–Crippen LogP) is 2.56. The maximum absolute atomic E-state index is 13.8. The van der Waals surface area contributed by atoms with Crippen LogP contribution < -0.4 is 5.32 Å². The molecule has 1 saturated heterocycles. The molecule has 1 aliphatic rings. The van der Waals surface area contributed by atoms with Crippen LogP contribution in [-0.2, 0) is 11.3 Å². The number of benzene rings is 1. The first-order chi connectivity index (χ1) is 10.2. The molecule has 1 N–H and O–H groups in total. The number of piperidine rings is 1. The van der Waals surface area contributed by atoms with Crippen molar-refractivity contribution in [2.75, 3.05) is 33.4 Å². The molecule has 0 aromatic heterocycles. The molecule has 21 heavy (non-hydrogen) atoms. The zero-order valence-electron chi connectivity index (χ0n) is 12.6. The maximum atomic E-state index is 13.8. The second-order valence-electron chi connectivity index (χ2n) is 5.55. The summed E-state index contributed by atoms with van der Waals surface area (Å²) in [6.07, 6.45) is 3.40. The molecule has 1 atom stereocenters. The topological polar surface area (TPSA) is 24.5 Å². The summed E-state index contributed by atoms with van der Waals surface area (Å²) < 4.78 is 32.1. The van der Waals surface area contributed by atoms with E-state index in [1.54, 1.807) is 7.11 Å². The van der Waals surface area contributed by atoms with E-state index < -0.39 is 0 Å². The van der Waals surface area contributed by atoms with Crippen LogP contribution in [0.5, 0.6) is 0 Å². The van der Waals surface area contributed by atoms with Gasteiger partial charge in [-0.25, -0.2) is 8.78 Å². The number of likely N-dealkylation sites (tertiary alicyclic amines) is 1. The third kappa shape index (κ3) is 5.02. The van der Waals surface area contributed by atoms with Crippen LogP contribution >= 0.6 is 0 Å². The molecule has 1 aliphatic heterocycles. The van der Waals surface area contributed by atoms with Crippen LogP contribution in [0.3, 0.4) is 0 Å². The van der Waals surface area contributed by atoms with Crippen molar-refractivity contribution >= 4 is 0 Å². The van der Waals surface area contributed by atoms with Crippen molar-refractivity contribution in [3.63, 3.8) is 0 Å². The SMILES string of the molecule is COCCNCC1CCCCN1Cc1cc(F)ccc1F. The van der Waals surface area contributed by atoms with Crippen LogP contribution in [0, 0.1) is 11.6 Å². The van der Waals surface area contributed by atoms with Crippen molar-refractivity contribution in [3.05, 3.63) is 35.4 Å². The van der Waals surface area contributed by atoms with E-state index in [2.05, 4.69) is 10.2 Å². The molecule has 0 bridgehead atoms. The smallest absolute Gasteiger partial charge is 0.127 e. The van der Waals surface area contributed by atoms with E-state index >= 15 is 0 Å². The van der Waals surface area contributed by atoms with E-state index in [1.807, 2.05) is 0 Å². The van der Waals surface area contributed by atoms with E-state index in [-0.39, 0.29) is 11.6 Å². The lowest BCUT2D eigenvalue weighted by Crippen LogP contribution is -2.45. The fourth-order valence-corrected chi connectivity index (χ4v) is 2.83. The van der Waals surface area contributed by atoms with Gasteiger partial charge in [-0.3, -0.25) is 4.90 Å². The number of rotatable bonds is 7. The molecule has 1 aromatic carbocycles. The Bertz CT molecular complexity index is 442. The van der Waals surface area contributed by atoms with Crippen molar-refractivity contribution in [2.45, 2.75) is 31.8 Å². The largest absolute Gasteiger partial charge is 0.383 e. The standard InChI is InChI=1S/C16H24F2N2O/c1-21-9-7-19-11-15-4-2-3-8-20(15)12-13-10-14(17)5-6-16(13)18/h5-6,10,15,19H,2-4,7-9,11-12H2,1H3. The lowest BCUT2D eigenvalue weighted by atomic mass is 10.0. The number of ether oxygens (including phenoxy) is 1. The normalized spacial score (nSPS) is 19.9. The molecule has 0 spiro atoms. The first-order valence-corrected chi connectivity index (χ1v) is 7.58. The summed E-state index contributed by atoms with van der Waals surface area (Å²) in [6, 6.07) is 4.05. The lowest BCUT2D eigenvalue weighted by molar-refractivity contribution is 0.131. The Labute approximate surface area is 125 Å². The molecular formula is C16H24F2N2O. The van der Waals surface area contributed by atoms with Gasteiger partial charge in [-0.15, -0.1) is 0 Å². The van der Waals surface area contributed by atoms with Crippen molar-refractivity contribution in [3.8, 4) is 0 Å². The quantitative estimate of drug-likeness (QED) is 0.783. The van der Waals surface area contributed by atoms with E-state index in [4.69, 9.17) is 4.74 Å². The molecule has 0 saturated carbocycles. The number of nitrogens with one attached hydrogen (secondary N) is 1. The summed E-state index contributed by atoms with van der Waals surface area (Å²) >= 11 is 0. The predicted molar refractivity (Wildman–Crippen MR) is 79.2 cm³/mol. The number of hydrogen-bond acceptors (Lipinski definition) is 3. The molecule has 1 aromatic rings. The molecule has 1 fully saturated rings. The van der Waals surface area contributed by atoms with Crippen LogP contribution in [0.25, 0.3) is 0 Å². The third-order valence-corrected chi connectivity index (χ3v) is 3.99. The van der Waals surface area contributed by atoms with Gasteiger partial charge in [-0.1, -0.05) is 6.42 Å². The van der Waals surface area contributed by atoms with Gasteiger partial charge in [0, 0.05) is 38.3 Å². The Balaban J connectivity index is 1.93. The molecule has 1 heterocycles. The van der Waals surface area contributed by atoms with Crippen LogP contribution in [0.1, 0.15) is 24.8 Å². The molecule has 0 aliphatic carbocycles. The Morgan fingerprint density at radius 3 is 3.00 bits per heavy atom. The van der Waals surface area contributed by atoms with E-state index in [1.165, 1.54) is 24.6 Å². The van der Waals surface area contributed by atoms with Crippen LogP contribution in [0.15, 0.2) is 18.2 Å². The van der Waals surface area contributed by atoms with Gasteiger partial charge < -0.3 is 10.1 Å². The Morgan fingerprint density at radius 1 is 1.33 bits per heavy atom. The molecule has 118 valence electrons. The Morgan fingerprint density at radius 2 is 2.19 bits per heavy atom. The minimum Gasteiger partial charge on any atom is -0.383 e. The first-order valence-electron chi connectivity index (χ1n) is 7.58. The van der Waals surface area contributed by atoms with Gasteiger partial charge >= 0.3 is 0 Å². The molecular weight excluding hydrogens is 274 g/mol. The summed E-state index contributed by atoms with van der Waals surface area (Å²) in [5.74, 6) is -0.703. The number of halogens is 2. The van der Waals surface area contributed by atoms with Crippen molar-refractivity contribution in [1.29, 1.82) is 0 Å². The fraction of sp³-hybridized carbons (Fsp3) is 0.625. The zero-order valence-corrected chi connectivity index (χ0v) is 12.6. The summed E-state index contributed by atoms with van der Waals surface area (Å²) in [6.45, 7) is 3.77. The molecule has 3 nitrogen and oxygen atoms in total. The van der Waals surface area contributed by atoms with Gasteiger partial charge in [0.1, 0.15) is 11.6 Å². The fourth-order valence-electron chi connectivity index (χ4n) is 2.83. The van der Waals surface area contributed by atoms with E-state index in [0.717, 1.165) is 32.5 Å². The highest BCUT2D eigenvalue weighted by molar-refractivity contribution is 5.18. The van der Waals surface area contributed by atoms with Gasteiger partial charge in [0.15, 0.2) is 0 Å². The van der Waals surface area contributed by atoms with Gasteiger partial charge in [0.05, 0.1) is 6.61 Å². The van der Waals surface area contributed by atoms with Crippen molar-refractivity contribution in [1.82, 2.24) is 10.2 Å². The van der Waals surface area contributed by atoms with Crippen LogP contribution in [-0.4, -0.2) is 44.3 Å². The molecule has 5 heteroatoms. The number of nitrogens with zero attached hydrogens (tertiary/aromatic N) is 1. The average molecular weight is 298 g/mol. The Hall–Kier alpha value is -1.04. The second kappa shape index (κ2) is 8.41. The van der Waals surface area contributed by atoms with Gasteiger partial charge in [-0.05, 0) is 37.6 Å². The average Bonchev–Trinajstić information content (AvgIpc) is 2.49. The summed E-state index contributed by atoms with van der Waals surface area (Å²) in [7, 11) is 1.68. The van der Waals surface area contributed by atoms with E-state index in [9.17, 15) is 8.78 Å². The van der Waals surface area contributed by atoms with Gasteiger partial charge in [-0.2, -0.15) is 0 Å². The number of hydrogen-bond donors (Lipinski definition) is 1. The lowest BCUT2D eigenvalue weighted by Gasteiger charge is -2.36. The molecule has 0 radical (unpaired) electrons. The first kappa shape index (κ1) is 16.3. The summed E-state index contributed by atoms with van der Waals surface area (Å²) in [5.41, 5.74) is 0.443. The molecule has 1 unspecified atom stereocenters. The summed E-state index contributed by atoms with van der Waals surface area (Å²) in [4.78, 5) is 2.25. The zero-order chi connectivity index (χ0) is 15.1. The minimum atomic E-state index is -0.377. The van der Waals surface area contributed by atoms with Crippen molar-refractivity contribution in [2.24, 2.45) is 0 Å². The monoisotopic (exact) mass is 298 g/mol.